The fraction of sp³-hybridized carbons (Fsp3) is 0.923. The number of ether oxygens (including phenoxy) is 1. The zero-order valence-corrected chi connectivity index (χ0v) is 13.1. The minimum atomic E-state index is -0.933. The zero-order valence-electron chi connectivity index (χ0n) is 13.1. The van der Waals surface area contributed by atoms with E-state index in [1.54, 1.807) is 21.0 Å². The number of nitrogens with one attached hydrogen (secondary N) is 2. The highest BCUT2D eigenvalue weighted by atomic mass is 16.5. The van der Waals surface area contributed by atoms with Gasteiger partial charge < -0.3 is 25.2 Å². The second-order valence-electron chi connectivity index (χ2n) is 5.92. The lowest BCUT2D eigenvalue weighted by molar-refractivity contribution is -0.0933. The summed E-state index contributed by atoms with van der Waals surface area (Å²) in [5, 5.41) is 20.8. The van der Waals surface area contributed by atoms with Gasteiger partial charge in [0.25, 0.3) is 0 Å². The van der Waals surface area contributed by atoms with Gasteiger partial charge in [0.05, 0.1) is 17.8 Å². The van der Waals surface area contributed by atoms with Gasteiger partial charge in [0, 0.05) is 19.5 Å². The van der Waals surface area contributed by atoms with Crippen molar-refractivity contribution in [2.24, 2.45) is 0 Å². The van der Waals surface area contributed by atoms with Gasteiger partial charge in [-0.25, -0.2) is 0 Å². The van der Waals surface area contributed by atoms with Crippen molar-refractivity contribution in [1.29, 1.82) is 5.41 Å². The summed E-state index contributed by atoms with van der Waals surface area (Å²) in [5.41, 5.74) is -1.60. The van der Waals surface area contributed by atoms with Crippen LogP contribution in [-0.4, -0.2) is 56.2 Å². The Morgan fingerprint density at radius 3 is 2.37 bits per heavy atom. The number of hydrogen-bond acceptors (Lipinski definition) is 5. The molecule has 3 N–H and O–H groups in total. The van der Waals surface area contributed by atoms with E-state index < -0.39 is 11.2 Å². The summed E-state index contributed by atoms with van der Waals surface area (Å²) in [4.78, 5) is 0. The van der Waals surface area contributed by atoms with Crippen molar-refractivity contribution in [1.82, 2.24) is 5.32 Å². The monoisotopic (exact) mass is 272 g/mol. The molecule has 0 spiro atoms. The average molecular weight is 272 g/mol. The minimum Gasteiger partial charge on any atom is -0.428 e. The third-order valence-corrected chi connectivity index (χ3v) is 3.63. The van der Waals surface area contributed by atoms with Gasteiger partial charge in [0.1, 0.15) is 0 Å². The van der Waals surface area contributed by atoms with Crippen molar-refractivity contribution >= 4 is 13.1 Å². The van der Waals surface area contributed by atoms with Crippen molar-refractivity contribution in [3.8, 4) is 0 Å². The van der Waals surface area contributed by atoms with Crippen LogP contribution in [0.5, 0.6) is 0 Å². The van der Waals surface area contributed by atoms with Crippen LogP contribution in [0.25, 0.3) is 0 Å². The maximum Gasteiger partial charge on any atom is 0.300 e. The van der Waals surface area contributed by atoms with Crippen molar-refractivity contribution in [2.75, 3.05) is 26.8 Å². The Morgan fingerprint density at radius 2 is 1.95 bits per heavy atom. The number of methoxy groups -OCH3 is 1. The van der Waals surface area contributed by atoms with Crippen LogP contribution in [0, 0.1) is 5.41 Å². The average Bonchev–Trinajstić information content (AvgIpc) is 2.26. The van der Waals surface area contributed by atoms with E-state index in [0.717, 1.165) is 6.54 Å². The Kier molecular flexibility index (Phi) is 7.82. The van der Waals surface area contributed by atoms with Gasteiger partial charge in [-0.05, 0) is 40.5 Å². The molecule has 0 aromatic heterocycles. The predicted molar refractivity (Wildman–Crippen MR) is 80.4 cm³/mol. The zero-order chi connectivity index (χ0) is 15.1. The topological polar surface area (TPSA) is 74.6 Å². The Labute approximate surface area is 117 Å². The summed E-state index contributed by atoms with van der Waals surface area (Å²) >= 11 is 0. The smallest absolute Gasteiger partial charge is 0.300 e. The summed E-state index contributed by atoms with van der Waals surface area (Å²) in [5.74, 6) is -0.0292. The maximum atomic E-state index is 10.1. The van der Waals surface area contributed by atoms with Crippen LogP contribution in [0.2, 0.25) is 12.6 Å². The summed E-state index contributed by atoms with van der Waals surface area (Å²) in [7, 11) is 1.66. The quantitative estimate of drug-likeness (QED) is 0.319. The van der Waals surface area contributed by atoms with Gasteiger partial charge in [-0.1, -0.05) is 6.82 Å². The SMILES string of the molecule is COCCNCC(C=N)B(C)OC(C)(C)C(C)(C)O. The van der Waals surface area contributed by atoms with E-state index in [-0.39, 0.29) is 12.7 Å². The van der Waals surface area contributed by atoms with Crippen LogP contribution in [-0.2, 0) is 9.39 Å². The minimum absolute atomic E-state index is 0.0292. The van der Waals surface area contributed by atoms with E-state index in [1.807, 2.05) is 20.7 Å². The molecule has 0 aromatic carbocycles. The van der Waals surface area contributed by atoms with Gasteiger partial charge >= 0.3 is 6.92 Å². The Balaban J connectivity index is 4.35. The van der Waals surface area contributed by atoms with Crippen LogP contribution >= 0.6 is 0 Å². The molecule has 0 aromatic rings. The molecule has 0 radical (unpaired) electrons. The standard InChI is InChI=1S/C13H29BN2O3/c1-12(2,17)13(3,4)19-14(5)11(9-15)10-16-7-8-18-6/h9,11,15-17H,7-8,10H2,1-6H3. The second-order valence-corrected chi connectivity index (χ2v) is 5.92. The highest BCUT2D eigenvalue weighted by molar-refractivity contribution is 6.56. The van der Waals surface area contributed by atoms with Crippen molar-refractivity contribution in [2.45, 2.75) is 51.5 Å². The van der Waals surface area contributed by atoms with Gasteiger partial charge in [-0.2, -0.15) is 0 Å². The summed E-state index contributed by atoms with van der Waals surface area (Å²) in [6.07, 6.45) is 1.39. The van der Waals surface area contributed by atoms with Gasteiger partial charge in [-0.15, -0.1) is 0 Å². The molecule has 112 valence electrons. The molecule has 0 aliphatic carbocycles. The molecule has 1 atom stereocenters. The first-order chi connectivity index (χ1) is 8.65. The van der Waals surface area contributed by atoms with Crippen molar-refractivity contribution < 1.29 is 14.5 Å². The molecule has 0 fully saturated rings. The van der Waals surface area contributed by atoms with E-state index in [1.165, 1.54) is 6.21 Å². The fourth-order valence-electron chi connectivity index (χ4n) is 1.50. The van der Waals surface area contributed by atoms with Gasteiger partial charge in [-0.3, -0.25) is 0 Å². The molecule has 6 heteroatoms. The number of hydrogen-bond donors (Lipinski definition) is 3. The summed E-state index contributed by atoms with van der Waals surface area (Å²) in [6, 6.07) is 0. The Morgan fingerprint density at radius 1 is 1.37 bits per heavy atom. The van der Waals surface area contributed by atoms with Gasteiger partial charge in [0.2, 0.25) is 0 Å². The molecule has 0 aliphatic rings. The van der Waals surface area contributed by atoms with Crippen LogP contribution < -0.4 is 5.32 Å². The normalized spacial score (nSPS) is 14.3. The van der Waals surface area contributed by atoms with Crippen LogP contribution in [0.3, 0.4) is 0 Å². The second kappa shape index (κ2) is 7.99. The molecule has 19 heavy (non-hydrogen) atoms. The predicted octanol–water partition coefficient (Wildman–Crippen LogP) is 1.43. The molecule has 0 aliphatic heterocycles. The van der Waals surface area contributed by atoms with E-state index in [2.05, 4.69) is 5.32 Å². The first-order valence-corrected chi connectivity index (χ1v) is 6.76. The lowest BCUT2D eigenvalue weighted by Gasteiger charge is -2.40. The highest BCUT2D eigenvalue weighted by Crippen LogP contribution is 2.27. The summed E-state index contributed by atoms with van der Waals surface area (Å²) < 4.78 is 10.9. The molecule has 1 unspecified atom stereocenters. The first kappa shape index (κ1) is 18.6. The maximum absolute atomic E-state index is 10.1. The lowest BCUT2D eigenvalue weighted by Crippen LogP contribution is -2.51. The molecular weight excluding hydrogens is 243 g/mol. The van der Waals surface area contributed by atoms with Crippen LogP contribution in [0.1, 0.15) is 27.7 Å². The first-order valence-electron chi connectivity index (χ1n) is 6.76. The molecule has 5 nitrogen and oxygen atoms in total. The number of rotatable bonds is 10. The van der Waals surface area contributed by atoms with Crippen LogP contribution in [0.4, 0.5) is 0 Å². The molecule has 0 bridgehead atoms. The molecule has 0 rings (SSSR count). The third-order valence-electron chi connectivity index (χ3n) is 3.63. The lowest BCUT2D eigenvalue weighted by atomic mass is 9.57. The van der Waals surface area contributed by atoms with Gasteiger partial charge in [0.15, 0.2) is 0 Å². The molecule has 0 saturated carbocycles. The molecular formula is C13H29BN2O3. The molecule has 0 heterocycles. The van der Waals surface area contributed by atoms with E-state index >= 15 is 0 Å². The number of aliphatic hydroxyl groups is 1. The van der Waals surface area contributed by atoms with E-state index in [9.17, 15) is 5.11 Å². The van der Waals surface area contributed by atoms with Crippen molar-refractivity contribution in [3.63, 3.8) is 0 Å². The molecule has 0 saturated heterocycles. The summed E-state index contributed by atoms with van der Waals surface area (Å²) in [6.45, 7) is 11.0. The van der Waals surface area contributed by atoms with Crippen molar-refractivity contribution in [3.05, 3.63) is 0 Å². The Bertz CT molecular complexity index is 267. The molecule has 0 amide bonds. The van der Waals surface area contributed by atoms with E-state index in [0.29, 0.717) is 13.2 Å². The Hall–Kier alpha value is -0.425. The largest absolute Gasteiger partial charge is 0.428 e. The third kappa shape index (κ3) is 6.52. The fourth-order valence-corrected chi connectivity index (χ4v) is 1.50. The van der Waals surface area contributed by atoms with Crippen LogP contribution in [0.15, 0.2) is 0 Å². The van der Waals surface area contributed by atoms with E-state index in [4.69, 9.17) is 14.8 Å². The highest BCUT2D eigenvalue weighted by Gasteiger charge is 2.39.